The van der Waals surface area contributed by atoms with Crippen molar-refractivity contribution in [1.29, 1.82) is 0 Å². The lowest BCUT2D eigenvalue weighted by molar-refractivity contribution is 0.122. The van der Waals surface area contributed by atoms with E-state index in [2.05, 4.69) is 17.4 Å². The normalized spacial score (nSPS) is 23.2. The molecule has 4 heteroatoms. The van der Waals surface area contributed by atoms with E-state index in [-0.39, 0.29) is 24.7 Å². The molecule has 1 saturated heterocycles. The minimum Gasteiger partial charge on any atom is -0.396 e. The molecule has 2 aliphatic rings. The van der Waals surface area contributed by atoms with Crippen molar-refractivity contribution in [3.63, 3.8) is 0 Å². The lowest BCUT2D eigenvalue weighted by Gasteiger charge is -2.39. The highest BCUT2D eigenvalue weighted by Gasteiger charge is 2.33. The maximum atomic E-state index is 12.8. The van der Waals surface area contributed by atoms with E-state index in [0.29, 0.717) is 12.3 Å². The summed E-state index contributed by atoms with van der Waals surface area (Å²) in [7, 11) is 0. The Morgan fingerprint density at radius 1 is 1.17 bits per heavy atom. The van der Waals surface area contributed by atoms with Crippen LogP contribution in [0.3, 0.4) is 0 Å². The molecule has 2 unspecified atom stereocenters. The molecular weight excluding hydrogens is 288 g/mol. The SMILES string of the molecule is O=C(NC(c1ccccc1)C1CCC1)N1CCCCC1CCO. The fourth-order valence-electron chi connectivity index (χ4n) is 3.84. The van der Waals surface area contributed by atoms with Gasteiger partial charge in [0.1, 0.15) is 0 Å². The molecule has 0 aromatic heterocycles. The first kappa shape index (κ1) is 16.3. The Balaban J connectivity index is 1.70. The van der Waals surface area contributed by atoms with Crippen LogP contribution >= 0.6 is 0 Å². The number of aliphatic hydroxyl groups excluding tert-OH is 1. The van der Waals surface area contributed by atoms with Gasteiger partial charge in [0.2, 0.25) is 0 Å². The Kier molecular flexibility index (Phi) is 5.55. The van der Waals surface area contributed by atoms with Crippen LogP contribution in [0.1, 0.15) is 56.6 Å². The Labute approximate surface area is 138 Å². The van der Waals surface area contributed by atoms with Crippen LogP contribution in [0, 0.1) is 5.92 Å². The number of piperidine rings is 1. The van der Waals surface area contributed by atoms with Gasteiger partial charge in [-0.3, -0.25) is 0 Å². The molecule has 0 spiro atoms. The molecule has 1 saturated carbocycles. The second-order valence-corrected chi connectivity index (χ2v) is 6.88. The summed E-state index contributed by atoms with van der Waals surface area (Å²) in [4.78, 5) is 14.8. The lowest BCUT2D eigenvalue weighted by atomic mass is 9.77. The van der Waals surface area contributed by atoms with Crippen molar-refractivity contribution in [2.45, 2.75) is 57.0 Å². The average Bonchev–Trinajstić information content (AvgIpc) is 2.54. The van der Waals surface area contributed by atoms with E-state index in [0.717, 1.165) is 25.8 Å². The zero-order chi connectivity index (χ0) is 16.1. The van der Waals surface area contributed by atoms with Gasteiger partial charge in [-0.25, -0.2) is 4.79 Å². The number of hydrogen-bond acceptors (Lipinski definition) is 2. The van der Waals surface area contributed by atoms with Gasteiger partial charge in [-0.05, 0) is 50.0 Å². The molecule has 0 bridgehead atoms. The average molecular weight is 316 g/mol. The van der Waals surface area contributed by atoms with Gasteiger partial charge in [-0.15, -0.1) is 0 Å². The molecule has 1 aromatic rings. The monoisotopic (exact) mass is 316 g/mol. The molecule has 2 atom stereocenters. The van der Waals surface area contributed by atoms with Gasteiger partial charge < -0.3 is 15.3 Å². The van der Waals surface area contributed by atoms with Crippen molar-refractivity contribution in [2.75, 3.05) is 13.2 Å². The smallest absolute Gasteiger partial charge is 0.318 e. The summed E-state index contributed by atoms with van der Waals surface area (Å²) < 4.78 is 0. The van der Waals surface area contributed by atoms with Crippen molar-refractivity contribution in [2.24, 2.45) is 5.92 Å². The van der Waals surface area contributed by atoms with E-state index in [1.165, 1.54) is 24.8 Å². The topological polar surface area (TPSA) is 52.6 Å². The van der Waals surface area contributed by atoms with Crippen molar-refractivity contribution < 1.29 is 9.90 Å². The standard InChI is InChI=1S/C19H28N2O2/c22-14-12-17-11-4-5-13-21(17)19(23)20-18(16-9-6-10-16)15-7-2-1-3-8-15/h1-3,7-8,16-18,22H,4-6,9-14H2,(H,20,23). The quantitative estimate of drug-likeness (QED) is 0.874. The van der Waals surface area contributed by atoms with Crippen LogP contribution in [0.2, 0.25) is 0 Å². The van der Waals surface area contributed by atoms with Gasteiger partial charge in [0.05, 0.1) is 6.04 Å². The first-order valence-corrected chi connectivity index (χ1v) is 9.02. The van der Waals surface area contributed by atoms with Gasteiger partial charge in [0.15, 0.2) is 0 Å². The number of nitrogens with one attached hydrogen (secondary N) is 1. The molecular formula is C19H28N2O2. The van der Waals surface area contributed by atoms with Gasteiger partial charge in [-0.1, -0.05) is 36.8 Å². The van der Waals surface area contributed by atoms with Crippen LogP contribution in [0.25, 0.3) is 0 Å². The van der Waals surface area contributed by atoms with Crippen LogP contribution in [-0.2, 0) is 0 Å². The van der Waals surface area contributed by atoms with E-state index in [9.17, 15) is 9.90 Å². The molecule has 2 N–H and O–H groups in total. The van der Waals surface area contributed by atoms with Crippen LogP contribution in [0.4, 0.5) is 4.79 Å². The summed E-state index contributed by atoms with van der Waals surface area (Å²) in [6, 6.07) is 10.7. The summed E-state index contributed by atoms with van der Waals surface area (Å²) in [5, 5.41) is 12.6. The highest BCUT2D eigenvalue weighted by molar-refractivity contribution is 5.75. The fraction of sp³-hybridized carbons (Fsp3) is 0.632. The van der Waals surface area contributed by atoms with E-state index in [4.69, 9.17) is 0 Å². The van der Waals surface area contributed by atoms with Gasteiger partial charge in [0.25, 0.3) is 0 Å². The zero-order valence-electron chi connectivity index (χ0n) is 13.8. The van der Waals surface area contributed by atoms with Gasteiger partial charge in [0, 0.05) is 19.2 Å². The second kappa shape index (κ2) is 7.82. The van der Waals surface area contributed by atoms with E-state index in [1.54, 1.807) is 0 Å². The van der Waals surface area contributed by atoms with Gasteiger partial charge >= 0.3 is 6.03 Å². The Morgan fingerprint density at radius 3 is 2.61 bits per heavy atom. The van der Waals surface area contributed by atoms with Crippen molar-refractivity contribution in [3.05, 3.63) is 35.9 Å². The molecule has 4 nitrogen and oxygen atoms in total. The number of urea groups is 1. The van der Waals surface area contributed by atoms with Crippen LogP contribution < -0.4 is 5.32 Å². The number of hydrogen-bond donors (Lipinski definition) is 2. The third kappa shape index (κ3) is 3.86. The molecule has 23 heavy (non-hydrogen) atoms. The first-order valence-electron chi connectivity index (χ1n) is 9.02. The minimum absolute atomic E-state index is 0.0453. The summed E-state index contributed by atoms with van der Waals surface area (Å²) >= 11 is 0. The van der Waals surface area contributed by atoms with Crippen LogP contribution in [-0.4, -0.2) is 35.2 Å². The number of nitrogens with zero attached hydrogens (tertiary/aromatic N) is 1. The molecule has 1 aromatic carbocycles. The molecule has 2 fully saturated rings. The maximum absolute atomic E-state index is 12.8. The Morgan fingerprint density at radius 2 is 1.96 bits per heavy atom. The predicted octanol–water partition coefficient (Wildman–Crippen LogP) is 3.47. The molecule has 126 valence electrons. The van der Waals surface area contributed by atoms with Crippen LogP contribution in [0.15, 0.2) is 30.3 Å². The number of carbonyl (C=O) groups excluding carboxylic acids is 1. The van der Waals surface area contributed by atoms with Crippen LogP contribution in [0.5, 0.6) is 0 Å². The number of aliphatic hydroxyl groups is 1. The largest absolute Gasteiger partial charge is 0.396 e. The first-order chi connectivity index (χ1) is 11.3. The number of rotatable bonds is 5. The summed E-state index contributed by atoms with van der Waals surface area (Å²) in [6.07, 6.45) is 7.56. The predicted molar refractivity (Wildman–Crippen MR) is 91.1 cm³/mol. The number of benzene rings is 1. The van der Waals surface area contributed by atoms with Crippen molar-refractivity contribution >= 4 is 6.03 Å². The third-order valence-corrected chi connectivity index (χ3v) is 5.41. The van der Waals surface area contributed by atoms with E-state index in [1.807, 2.05) is 23.1 Å². The van der Waals surface area contributed by atoms with E-state index >= 15 is 0 Å². The molecule has 0 radical (unpaired) electrons. The third-order valence-electron chi connectivity index (χ3n) is 5.41. The number of likely N-dealkylation sites (tertiary alicyclic amines) is 1. The van der Waals surface area contributed by atoms with Gasteiger partial charge in [-0.2, -0.15) is 0 Å². The molecule has 2 amide bonds. The van der Waals surface area contributed by atoms with E-state index < -0.39 is 0 Å². The highest BCUT2D eigenvalue weighted by atomic mass is 16.3. The minimum atomic E-state index is 0.0453. The Hall–Kier alpha value is -1.55. The van der Waals surface area contributed by atoms with Crippen molar-refractivity contribution in [3.8, 4) is 0 Å². The Bertz CT molecular complexity index is 499. The number of amides is 2. The zero-order valence-corrected chi connectivity index (χ0v) is 13.8. The lowest BCUT2D eigenvalue weighted by Crippen LogP contribution is -2.51. The maximum Gasteiger partial charge on any atom is 0.318 e. The molecule has 1 aliphatic carbocycles. The summed E-state index contributed by atoms with van der Waals surface area (Å²) in [6.45, 7) is 0.960. The highest BCUT2D eigenvalue weighted by Crippen LogP contribution is 2.38. The molecule has 1 heterocycles. The second-order valence-electron chi connectivity index (χ2n) is 6.88. The fourth-order valence-corrected chi connectivity index (χ4v) is 3.84. The molecule has 1 aliphatic heterocycles. The summed E-state index contributed by atoms with van der Waals surface area (Å²) in [5.74, 6) is 0.558. The summed E-state index contributed by atoms with van der Waals surface area (Å²) in [5.41, 5.74) is 1.21. The number of carbonyl (C=O) groups is 1. The van der Waals surface area contributed by atoms with Crippen molar-refractivity contribution in [1.82, 2.24) is 10.2 Å². The molecule has 3 rings (SSSR count).